The van der Waals surface area contributed by atoms with Gasteiger partial charge in [-0.15, -0.1) is 0 Å². The maximum atomic E-state index is 12.5. The van der Waals surface area contributed by atoms with Gasteiger partial charge in [0.1, 0.15) is 30.5 Å². The summed E-state index contributed by atoms with van der Waals surface area (Å²) in [6.07, 6.45) is -8.06. The molecule has 0 radical (unpaired) electrons. The molecular formula is C17H21N2NaO8. The summed E-state index contributed by atoms with van der Waals surface area (Å²) in [6.45, 7) is 1.84. The number of rotatable bonds is 4. The number of carboxylic acids is 1. The maximum absolute atomic E-state index is 12.5. The Bertz CT molecular complexity index is 718. The van der Waals surface area contributed by atoms with E-state index in [1.54, 1.807) is 13.2 Å². The van der Waals surface area contributed by atoms with Gasteiger partial charge in [0.05, 0.1) is 12.0 Å². The second kappa shape index (κ2) is 9.14. The van der Waals surface area contributed by atoms with Gasteiger partial charge in [-0.2, -0.15) is 0 Å². The second-order valence-corrected chi connectivity index (χ2v) is 6.77. The number of hydrogen-bond acceptors (Lipinski definition) is 9. The quantitative estimate of drug-likeness (QED) is 0.417. The molecule has 2 aliphatic rings. The third-order valence-corrected chi connectivity index (χ3v) is 4.95. The first-order valence-electron chi connectivity index (χ1n) is 8.46. The van der Waals surface area contributed by atoms with Gasteiger partial charge in [0.25, 0.3) is 5.91 Å². The molecule has 1 aromatic rings. The Morgan fingerprint density at radius 2 is 1.96 bits per heavy atom. The van der Waals surface area contributed by atoms with Crippen molar-refractivity contribution < 1.29 is 69.0 Å². The largest absolute Gasteiger partial charge is 1.00 e. The molecule has 0 spiro atoms. The molecule has 0 aromatic carbocycles. The first-order valence-corrected chi connectivity index (χ1v) is 8.46. The number of carbonyl (C=O) groups is 2. The van der Waals surface area contributed by atoms with Crippen molar-refractivity contribution in [3.05, 3.63) is 29.6 Å². The van der Waals surface area contributed by atoms with Crippen LogP contribution in [0.25, 0.3) is 0 Å². The minimum atomic E-state index is -1.89. The van der Waals surface area contributed by atoms with Crippen molar-refractivity contribution >= 4 is 11.9 Å². The van der Waals surface area contributed by atoms with E-state index in [9.17, 15) is 30.0 Å². The van der Waals surface area contributed by atoms with Crippen molar-refractivity contribution in [1.29, 1.82) is 0 Å². The number of aryl methyl sites for hydroxylation is 1. The topological polar surface area (TPSA) is 152 Å². The fourth-order valence-electron chi connectivity index (χ4n) is 3.31. The summed E-state index contributed by atoms with van der Waals surface area (Å²) in [5.74, 6) is -2.15. The molecule has 7 atom stereocenters. The van der Waals surface area contributed by atoms with Crippen LogP contribution in [0.1, 0.15) is 23.7 Å². The maximum Gasteiger partial charge on any atom is 1.00 e. The molecular weight excluding hydrogens is 383 g/mol. The first kappa shape index (κ1) is 23.2. The van der Waals surface area contributed by atoms with Crippen LogP contribution in [-0.4, -0.2) is 80.9 Å². The molecule has 1 amide bonds. The van der Waals surface area contributed by atoms with Crippen LogP contribution in [0.15, 0.2) is 18.3 Å². The monoisotopic (exact) mass is 404 g/mol. The minimum Gasteiger partial charge on any atom is -0.547 e. The van der Waals surface area contributed by atoms with Crippen molar-refractivity contribution in [3.63, 3.8) is 0 Å². The Balaban J connectivity index is 0.00000280. The van der Waals surface area contributed by atoms with Crippen molar-refractivity contribution in [3.8, 4) is 0 Å². The smallest absolute Gasteiger partial charge is 0.547 e. The molecule has 2 fully saturated rings. The molecule has 10 nitrogen and oxygen atoms in total. The van der Waals surface area contributed by atoms with E-state index in [1.165, 1.54) is 4.90 Å². The van der Waals surface area contributed by atoms with Crippen LogP contribution in [0, 0.1) is 6.92 Å². The number of aromatic nitrogens is 1. The summed E-state index contributed by atoms with van der Waals surface area (Å²) in [5, 5.41) is 40.6. The normalized spacial score (nSPS) is 35.5. The predicted octanol–water partition coefficient (Wildman–Crippen LogP) is -5.76. The fraction of sp³-hybridized carbons (Fsp3) is 0.588. The van der Waals surface area contributed by atoms with E-state index in [2.05, 4.69) is 4.98 Å². The molecule has 28 heavy (non-hydrogen) atoms. The van der Waals surface area contributed by atoms with Crippen molar-refractivity contribution in [1.82, 2.24) is 9.88 Å². The third kappa shape index (κ3) is 4.39. The first-order chi connectivity index (χ1) is 12.7. The molecule has 1 aromatic heterocycles. The molecule has 3 N–H and O–H groups in total. The van der Waals surface area contributed by atoms with Crippen LogP contribution in [0.4, 0.5) is 0 Å². The zero-order valence-corrected chi connectivity index (χ0v) is 17.8. The predicted molar refractivity (Wildman–Crippen MR) is 85.7 cm³/mol. The second-order valence-electron chi connectivity index (χ2n) is 6.77. The molecule has 0 aliphatic carbocycles. The van der Waals surface area contributed by atoms with E-state index in [0.717, 1.165) is 11.3 Å². The van der Waals surface area contributed by atoms with Gasteiger partial charge < -0.3 is 39.6 Å². The van der Waals surface area contributed by atoms with Gasteiger partial charge in [-0.3, -0.25) is 9.78 Å². The summed E-state index contributed by atoms with van der Waals surface area (Å²) in [6, 6.07) is 3.35. The summed E-state index contributed by atoms with van der Waals surface area (Å²) in [5.41, 5.74) is 1.63. The summed E-state index contributed by atoms with van der Waals surface area (Å²) in [7, 11) is 1.59. The van der Waals surface area contributed by atoms with Gasteiger partial charge in [0.2, 0.25) is 0 Å². The van der Waals surface area contributed by atoms with Crippen LogP contribution in [0.5, 0.6) is 0 Å². The summed E-state index contributed by atoms with van der Waals surface area (Å²) in [4.78, 5) is 29.2. The van der Waals surface area contributed by atoms with E-state index in [4.69, 9.17) is 9.47 Å². The number of hydrogen-bond donors (Lipinski definition) is 3. The molecule has 0 unspecified atom stereocenters. The molecule has 0 saturated carbocycles. The zero-order valence-electron chi connectivity index (χ0n) is 15.8. The molecule has 2 saturated heterocycles. The molecule has 11 heteroatoms. The Hall–Kier alpha value is -1.11. The average molecular weight is 404 g/mol. The number of likely N-dealkylation sites (N-methyl/N-ethyl adjacent to an activating group) is 1. The van der Waals surface area contributed by atoms with Crippen molar-refractivity contribution in [2.45, 2.75) is 56.2 Å². The molecule has 148 valence electrons. The standard InChI is InChI=1S/C17H22N2O8.Na/c1-7-3-4-8(6-18-7)9-5-10(15(23)19(9)2)26-17-13(22)11(20)12(21)14(27-17)16(24)25;/h3-4,6,9-14,17,20-22H,5H2,1-2H3,(H,24,25);/q;+1/p-1/t9-,10+,11-,12-,13+,14-,17+;/m0./s1. The van der Waals surface area contributed by atoms with Gasteiger partial charge in [0, 0.05) is 25.4 Å². The number of aliphatic hydroxyl groups excluding tert-OH is 3. The van der Waals surface area contributed by atoms with E-state index >= 15 is 0 Å². The number of nitrogens with zero attached hydrogens (tertiary/aromatic N) is 2. The number of pyridine rings is 1. The van der Waals surface area contributed by atoms with E-state index < -0.39 is 42.8 Å². The molecule has 3 heterocycles. The van der Waals surface area contributed by atoms with Crippen molar-refractivity contribution in [2.24, 2.45) is 0 Å². The van der Waals surface area contributed by atoms with Gasteiger partial charge in [-0.05, 0) is 18.6 Å². The van der Waals surface area contributed by atoms with Gasteiger partial charge in [-0.1, -0.05) is 6.07 Å². The van der Waals surface area contributed by atoms with Gasteiger partial charge in [0.15, 0.2) is 6.29 Å². The average Bonchev–Trinajstić information content (AvgIpc) is 2.91. The number of amides is 1. The summed E-state index contributed by atoms with van der Waals surface area (Å²) >= 11 is 0. The SMILES string of the molecule is Cc1ccc([C@@H]2C[C@@H](O[C@@H]3O[C@H](C(=O)[O-])[C@@H](O)[C@H](O)[C@H]3O)C(=O)N2C)cn1.[Na+]. The Morgan fingerprint density at radius 1 is 1.29 bits per heavy atom. The number of carboxylic acid groups (broad SMARTS) is 1. The van der Waals surface area contributed by atoms with E-state index in [1.807, 2.05) is 19.1 Å². The van der Waals surface area contributed by atoms with Crippen LogP contribution in [0.3, 0.4) is 0 Å². The third-order valence-electron chi connectivity index (χ3n) is 4.95. The van der Waals surface area contributed by atoms with Crippen LogP contribution < -0.4 is 34.7 Å². The number of aliphatic hydroxyl groups is 3. The number of aliphatic carboxylic acids is 1. The van der Waals surface area contributed by atoms with E-state index in [0.29, 0.717) is 0 Å². The number of carbonyl (C=O) groups excluding carboxylic acids is 2. The van der Waals surface area contributed by atoms with Crippen LogP contribution in [0.2, 0.25) is 0 Å². The van der Waals surface area contributed by atoms with Gasteiger partial charge in [-0.25, -0.2) is 0 Å². The van der Waals surface area contributed by atoms with Gasteiger partial charge >= 0.3 is 29.6 Å². The van der Waals surface area contributed by atoms with Crippen LogP contribution in [-0.2, 0) is 19.1 Å². The summed E-state index contributed by atoms with van der Waals surface area (Å²) < 4.78 is 10.5. The molecule has 3 rings (SSSR count). The minimum absolute atomic E-state index is 0. The van der Waals surface area contributed by atoms with Crippen LogP contribution >= 0.6 is 0 Å². The molecule has 2 aliphatic heterocycles. The molecule has 0 bridgehead atoms. The van der Waals surface area contributed by atoms with Crippen molar-refractivity contribution in [2.75, 3.05) is 7.05 Å². The van der Waals surface area contributed by atoms with E-state index in [-0.39, 0.29) is 47.9 Å². The zero-order chi connectivity index (χ0) is 19.9. The number of likely N-dealkylation sites (tertiary alicyclic amines) is 1. The number of ether oxygens (including phenoxy) is 2. The Kier molecular flexibility index (Phi) is 7.56. The Morgan fingerprint density at radius 3 is 2.54 bits per heavy atom. The Labute approximate surface area is 183 Å². The fourth-order valence-corrected chi connectivity index (χ4v) is 3.31.